The molecule has 0 aliphatic rings. The smallest absolute Gasteiger partial charge is 0.124 e. The third kappa shape index (κ3) is 3.79. The summed E-state index contributed by atoms with van der Waals surface area (Å²) in [6.45, 7) is 0. The van der Waals surface area contributed by atoms with E-state index in [0.29, 0.717) is 0 Å². The fourth-order valence-electron chi connectivity index (χ4n) is 5.43. The van der Waals surface area contributed by atoms with Crippen LogP contribution in [0, 0.1) is 0 Å². The van der Waals surface area contributed by atoms with Crippen LogP contribution in [-0.2, 0) is 0 Å². The van der Waals surface area contributed by atoms with Crippen LogP contribution in [0.1, 0.15) is 0 Å². The van der Waals surface area contributed by atoms with Gasteiger partial charge in [-0.1, -0.05) is 66.7 Å². The fraction of sp³-hybridized carbons (Fsp3) is 0. The molecule has 0 aliphatic heterocycles. The topological polar surface area (TPSA) is 43.6 Å². The van der Waals surface area contributed by atoms with Gasteiger partial charge in [0.05, 0.1) is 38.3 Å². The molecule has 0 radical (unpaired) electrons. The minimum atomic E-state index is 0.862. The van der Waals surface area contributed by atoms with E-state index in [1.165, 1.54) is 21.0 Å². The van der Waals surface area contributed by atoms with Crippen molar-refractivity contribution in [2.24, 2.45) is 0 Å². The Labute approximate surface area is 234 Å². The average Bonchev–Trinajstić information content (AvgIpc) is 3.61. The van der Waals surface area contributed by atoms with Gasteiger partial charge in [-0.15, -0.1) is 11.3 Å². The number of rotatable bonds is 4. The maximum absolute atomic E-state index is 4.96. The molecular formula is C35H22N4S. The predicted octanol–water partition coefficient (Wildman–Crippen LogP) is 9.18. The van der Waals surface area contributed by atoms with Crippen LogP contribution in [-0.4, -0.2) is 19.5 Å². The molecule has 5 heteroatoms. The Balaban J connectivity index is 1.30. The highest BCUT2D eigenvalue weighted by Crippen LogP contribution is 2.37. The van der Waals surface area contributed by atoms with Crippen molar-refractivity contribution in [2.75, 3.05) is 0 Å². The Morgan fingerprint density at radius 1 is 0.525 bits per heavy atom. The van der Waals surface area contributed by atoms with E-state index in [2.05, 4.69) is 101 Å². The number of benzene rings is 4. The first-order chi connectivity index (χ1) is 19.8. The van der Waals surface area contributed by atoms with Crippen molar-refractivity contribution in [3.05, 3.63) is 134 Å². The molecule has 4 heterocycles. The first-order valence-electron chi connectivity index (χ1n) is 13.2. The first-order valence-corrected chi connectivity index (χ1v) is 14.0. The van der Waals surface area contributed by atoms with Crippen molar-refractivity contribution in [3.63, 3.8) is 0 Å². The number of hydrogen-bond acceptors (Lipinski definition) is 4. The summed E-state index contributed by atoms with van der Waals surface area (Å²) in [6.07, 6.45) is 1.80. The molecule has 0 N–H and O–H groups in total. The van der Waals surface area contributed by atoms with Gasteiger partial charge in [-0.2, -0.15) is 0 Å². The minimum Gasteiger partial charge on any atom is -0.309 e. The van der Waals surface area contributed by atoms with Gasteiger partial charge in [-0.05, 0) is 60.7 Å². The van der Waals surface area contributed by atoms with Crippen molar-refractivity contribution in [2.45, 2.75) is 0 Å². The van der Waals surface area contributed by atoms with Gasteiger partial charge in [-0.3, -0.25) is 4.98 Å². The Morgan fingerprint density at radius 2 is 1.32 bits per heavy atom. The molecule has 40 heavy (non-hydrogen) atoms. The lowest BCUT2D eigenvalue weighted by molar-refractivity contribution is 1.18. The van der Waals surface area contributed by atoms with Gasteiger partial charge >= 0.3 is 0 Å². The third-order valence-corrected chi connectivity index (χ3v) is 8.38. The van der Waals surface area contributed by atoms with Crippen molar-refractivity contribution < 1.29 is 0 Å². The zero-order valence-corrected chi connectivity index (χ0v) is 22.2. The summed E-state index contributed by atoms with van der Waals surface area (Å²) in [5, 5.41) is 3.49. The SMILES string of the molecule is c1ccc(-c2cccc(-c3cccc(-n4c5ccccc5c5ccc(-c6nc7ccccc7s6)cc54)c3)n2)nc1. The van der Waals surface area contributed by atoms with E-state index in [1.54, 1.807) is 17.5 Å². The summed E-state index contributed by atoms with van der Waals surface area (Å²) >= 11 is 1.73. The van der Waals surface area contributed by atoms with Gasteiger partial charge < -0.3 is 4.57 Å². The zero-order valence-electron chi connectivity index (χ0n) is 21.4. The third-order valence-electron chi connectivity index (χ3n) is 7.29. The monoisotopic (exact) mass is 530 g/mol. The minimum absolute atomic E-state index is 0.862. The highest BCUT2D eigenvalue weighted by atomic mass is 32.1. The second-order valence-corrected chi connectivity index (χ2v) is 10.8. The van der Waals surface area contributed by atoms with E-state index in [4.69, 9.17) is 9.97 Å². The van der Waals surface area contributed by atoms with Crippen molar-refractivity contribution in [3.8, 4) is 38.9 Å². The van der Waals surface area contributed by atoms with Crippen molar-refractivity contribution >= 4 is 43.4 Å². The Morgan fingerprint density at radius 3 is 2.25 bits per heavy atom. The molecule has 0 saturated carbocycles. The highest BCUT2D eigenvalue weighted by molar-refractivity contribution is 7.21. The van der Waals surface area contributed by atoms with E-state index in [9.17, 15) is 0 Å². The number of pyridine rings is 2. The summed E-state index contributed by atoms with van der Waals surface area (Å²) in [4.78, 5) is 14.4. The summed E-state index contributed by atoms with van der Waals surface area (Å²) < 4.78 is 3.56. The van der Waals surface area contributed by atoms with Crippen molar-refractivity contribution in [1.29, 1.82) is 0 Å². The van der Waals surface area contributed by atoms with E-state index >= 15 is 0 Å². The van der Waals surface area contributed by atoms with Crippen LogP contribution < -0.4 is 0 Å². The van der Waals surface area contributed by atoms with Crippen LogP contribution >= 0.6 is 11.3 Å². The molecule has 0 aliphatic carbocycles. The maximum atomic E-state index is 4.96. The molecule has 0 spiro atoms. The average molecular weight is 531 g/mol. The fourth-order valence-corrected chi connectivity index (χ4v) is 6.40. The van der Waals surface area contributed by atoms with Crippen molar-refractivity contribution in [1.82, 2.24) is 19.5 Å². The number of fused-ring (bicyclic) bond motifs is 4. The molecule has 0 bridgehead atoms. The van der Waals surface area contributed by atoms with Crippen LogP contribution in [0.4, 0.5) is 0 Å². The van der Waals surface area contributed by atoms with Gasteiger partial charge in [0.15, 0.2) is 0 Å². The molecule has 4 aromatic carbocycles. The van der Waals surface area contributed by atoms with Crippen LogP contribution in [0.25, 0.3) is 70.9 Å². The second-order valence-electron chi connectivity index (χ2n) is 9.74. The standard InChI is InChI=1S/C35H22N4S/c1-3-16-32-26(11-1)27-19-18-24(35-38-31-13-2-4-17-34(31)40-35)22-33(27)39(32)25-10-7-9-23(21-25)28-14-8-15-30(37-28)29-12-5-6-20-36-29/h1-22H. The Bertz CT molecular complexity index is 2140. The highest BCUT2D eigenvalue weighted by Gasteiger charge is 2.15. The number of nitrogens with zero attached hydrogens (tertiary/aromatic N) is 4. The molecule has 8 aromatic rings. The van der Waals surface area contributed by atoms with E-state index in [1.807, 2.05) is 36.4 Å². The van der Waals surface area contributed by atoms with Crippen LogP contribution in [0.15, 0.2) is 134 Å². The number of hydrogen-bond donors (Lipinski definition) is 0. The van der Waals surface area contributed by atoms with Crippen LogP contribution in [0.5, 0.6) is 0 Å². The molecule has 0 amide bonds. The zero-order chi connectivity index (χ0) is 26.5. The van der Waals surface area contributed by atoms with Gasteiger partial charge in [0.25, 0.3) is 0 Å². The quantitative estimate of drug-likeness (QED) is 0.228. The molecule has 0 fully saturated rings. The van der Waals surface area contributed by atoms with Gasteiger partial charge in [0, 0.05) is 33.8 Å². The lowest BCUT2D eigenvalue weighted by Gasteiger charge is -2.11. The summed E-state index contributed by atoms with van der Waals surface area (Å²) in [6, 6.07) is 44.3. The number of thiazole rings is 1. The molecule has 0 unspecified atom stereocenters. The largest absolute Gasteiger partial charge is 0.309 e. The summed E-state index contributed by atoms with van der Waals surface area (Å²) in [5.74, 6) is 0. The summed E-state index contributed by atoms with van der Waals surface area (Å²) in [5.41, 5.74) is 9.29. The van der Waals surface area contributed by atoms with E-state index in [-0.39, 0.29) is 0 Å². The molecule has 0 saturated heterocycles. The van der Waals surface area contributed by atoms with Crippen LogP contribution in [0.2, 0.25) is 0 Å². The lowest BCUT2D eigenvalue weighted by atomic mass is 10.1. The predicted molar refractivity (Wildman–Crippen MR) is 166 cm³/mol. The lowest BCUT2D eigenvalue weighted by Crippen LogP contribution is -1.95. The van der Waals surface area contributed by atoms with Gasteiger partial charge in [-0.25, -0.2) is 9.97 Å². The molecule has 4 nitrogen and oxygen atoms in total. The molecule has 4 aromatic heterocycles. The summed E-state index contributed by atoms with van der Waals surface area (Å²) in [7, 11) is 0. The Hall–Kier alpha value is -5.13. The van der Waals surface area contributed by atoms with Gasteiger partial charge in [0.2, 0.25) is 0 Å². The molecule has 188 valence electrons. The molecule has 0 atom stereocenters. The number of aromatic nitrogens is 4. The maximum Gasteiger partial charge on any atom is 0.124 e. The normalized spacial score (nSPS) is 11.5. The molecular weight excluding hydrogens is 508 g/mol. The van der Waals surface area contributed by atoms with E-state index < -0.39 is 0 Å². The van der Waals surface area contributed by atoms with E-state index in [0.717, 1.165) is 49.9 Å². The van der Waals surface area contributed by atoms with Gasteiger partial charge in [0.1, 0.15) is 5.01 Å². The Kier molecular flexibility index (Phi) is 5.28. The first kappa shape index (κ1) is 22.8. The number of para-hydroxylation sites is 2. The molecule has 8 rings (SSSR count). The van der Waals surface area contributed by atoms with Crippen LogP contribution in [0.3, 0.4) is 0 Å². The second kappa shape index (κ2) is 9.26.